The molecule has 2 rings (SSSR count). The summed E-state index contributed by atoms with van der Waals surface area (Å²) in [4.78, 5) is 4.09. The van der Waals surface area contributed by atoms with E-state index in [9.17, 15) is 0 Å². The molecule has 1 aromatic carbocycles. The van der Waals surface area contributed by atoms with Crippen LogP contribution < -0.4 is 5.73 Å². The number of anilines is 1. The van der Waals surface area contributed by atoms with E-state index >= 15 is 0 Å². The molecule has 0 saturated heterocycles. The van der Waals surface area contributed by atoms with Crippen LogP contribution in [0.3, 0.4) is 0 Å². The molecule has 72 valence electrons. The van der Waals surface area contributed by atoms with Gasteiger partial charge in [0.25, 0.3) is 0 Å². The van der Waals surface area contributed by atoms with Crippen molar-refractivity contribution in [3.63, 3.8) is 0 Å². The number of halogens is 1. The van der Waals surface area contributed by atoms with Gasteiger partial charge in [0.05, 0.1) is 11.8 Å². The van der Waals surface area contributed by atoms with Gasteiger partial charge in [-0.1, -0.05) is 11.6 Å². The maximum atomic E-state index is 5.78. The third kappa shape index (κ3) is 1.59. The molecule has 0 fully saturated rings. The molecular formula is C10H9ClN2O. The number of nitrogen functional groups attached to an aromatic ring is 1. The predicted molar refractivity (Wildman–Crippen MR) is 56.1 cm³/mol. The van der Waals surface area contributed by atoms with Crippen LogP contribution in [-0.2, 0) is 0 Å². The molecule has 0 radical (unpaired) electrons. The first kappa shape index (κ1) is 9.09. The first-order chi connectivity index (χ1) is 6.66. The Morgan fingerprint density at radius 3 is 2.79 bits per heavy atom. The number of oxazole rings is 1. The molecule has 4 heteroatoms. The van der Waals surface area contributed by atoms with Crippen molar-refractivity contribution < 1.29 is 4.42 Å². The van der Waals surface area contributed by atoms with E-state index in [2.05, 4.69) is 4.98 Å². The second-order valence-corrected chi connectivity index (χ2v) is 3.44. The highest BCUT2D eigenvalue weighted by Crippen LogP contribution is 2.27. The molecule has 0 spiro atoms. The standard InChI is InChI=1S/C10H9ClN2O/c1-6-5-13-10(14-6)8-3-2-7(11)4-9(8)12/h2-5H,12H2,1H3. The SMILES string of the molecule is Cc1cnc(-c2ccc(Cl)cc2N)o1. The van der Waals surface area contributed by atoms with Gasteiger partial charge in [-0.25, -0.2) is 4.98 Å². The number of hydrogen-bond donors (Lipinski definition) is 1. The van der Waals surface area contributed by atoms with Crippen LogP contribution >= 0.6 is 11.6 Å². The summed E-state index contributed by atoms with van der Waals surface area (Å²) in [5.41, 5.74) is 7.11. The van der Waals surface area contributed by atoms with Crippen molar-refractivity contribution >= 4 is 17.3 Å². The molecular weight excluding hydrogens is 200 g/mol. The van der Waals surface area contributed by atoms with Crippen LogP contribution in [-0.4, -0.2) is 4.98 Å². The van der Waals surface area contributed by atoms with Gasteiger partial charge in [-0.15, -0.1) is 0 Å². The van der Waals surface area contributed by atoms with E-state index in [0.29, 0.717) is 16.6 Å². The third-order valence-corrected chi connectivity index (χ3v) is 2.10. The number of benzene rings is 1. The van der Waals surface area contributed by atoms with E-state index in [0.717, 1.165) is 11.3 Å². The molecule has 0 atom stereocenters. The van der Waals surface area contributed by atoms with Gasteiger partial charge >= 0.3 is 0 Å². The summed E-state index contributed by atoms with van der Waals surface area (Å²) in [5.74, 6) is 1.28. The molecule has 0 bridgehead atoms. The fraction of sp³-hybridized carbons (Fsp3) is 0.100. The molecule has 1 aromatic heterocycles. The maximum absolute atomic E-state index is 5.78. The average molecular weight is 209 g/mol. The second-order valence-electron chi connectivity index (χ2n) is 3.01. The predicted octanol–water partition coefficient (Wildman–Crippen LogP) is 2.89. The van der Waals surface area contributed by atoms with Gasteiger partial charge in [0.2, 0.25) is 5.89 Å². The van der Waals surface area contributed by atoms with Gasteiger partial charge in [0, 0.05) is 10.7 Å². The van der Waals surface area contributed by atoms with E-state index in [1.807, 2.05) is 6.92 Å². The van der Waals surface area contributed by atoms with Crippen LogP contribution in [0.2, 0.25) is 5.02 Å². The normalized spacial score (nSPS) is 10.4. The van der Waals surface area contributed by atoms with Crippen molar-refractivity contribution in [3.05, 3.63) is 35.2 Å². The lowest BCUT2D eigenvalue weighted by atomic mass is 10.2. The van der Waals surface area contributed by atoms with Gasteiger partial charge < -0.3 is 10.2 Å². The highest BCUT2D eigenvalue weighted by atomic mass is 35.5. The van der Waals surface area contributed by atoms with Crippen molar-refractivity contribution in [1.29, 1.82) is 0 Å². The fourth-order valence-corrected chi connectivity index (χ4v) is 1.39. The van der Waals surface area contributed by atoms with Gasteiger partial charge in [0.15, 0.2) is 0 Å². The third-order valence-electron chi connectivity index (χ3n) is 1.87. The zero-order chi connectivity index (χ0) is 10.1. The molecule has 1 heterocycles. The quantitative estimate of drug-likeness (QED) is 0.734. The topological polar surface area (TPSA) is 52.0 Å². The lowest BCUT2D eigenvalue weighted by Crippen LogP contribution is -1.89. The summed E-state index contributed by atoms with van der Waals surface area (Å²) in [5, 5.41) is 0.606. The molecule has 0 unspecified atom stereocenters. The summed E-state index contributed by atoms with van der Waals surface area (Å²) >= 11 is 5.78. The molecule has 14 heavy (non-hydrogen) atoms. The Kier molecular flexibility index (Phi) is 2.17. The molecule has 3 nitrogen and oxygen atoms in total. The summed E-state index contributed by atoms with van der Waals surface area (Å²) in [6.45, 7) is 1.84. The van der Waals surface area contributed by atoms with Gasteiger partial charge in [0.1, 0.15) is 5.76 Å². The smallest absolute Gasteiger partial charge is 0.228 e. The summed E-state index contributed by atoms with van der Waals surface area (Å²) in [7, 11) is 0. The monoisotopic (exact) mass is 208 g/mol. The van der Waals surface area contributed by atoms with Crippen LogP contribution in [0.1, 0.15) is 5.76 Å². The van der Waals surface area contributed by atoms with Crippen molar-refractivity contribution in [3.8, 4) is 11.5 Å². The average Bonchev–Trinajstić information content (AvgIpc) is 2.51. The minimum Gasteiger partial charge on any atom is -0.441 e. The summed E-state index contributed by atoms with van der Waals surface area (Å²) < 4.78 is 5.36. The molecule has 0 saturated carbocycles. The Morgan fingerprint density at radius 2 is 2.21 bits per heavy atom. The van der Waals surface area contributed by atoms with E-state index in [4.69, 9.17) is 21.8 Å². The molecule has 0 aliphatic heterocycles. The maximum Gasteiger partial charge on any atom is 0.228 e. The zero-order valence-corrected chi connectivity index (χ0v) is 8.38. The Morgan fingerprint density at radius 1 is 1.43 bits per heavy atom. The van der Waals surface area contributed by atoms with Crippen LogP contribution in [0, 0.1) is 6.92 Å². The number of nitrogens with zero attached hydrogens (tertiary/aromatic N) is 1. The number of rotatable bonds is 1. The van der Waals surface area contributed by atoms with E-state index < -0.39 is 0 Å². The zero-order valence-electron chi connectivity index (χ0n) is 7.62. The highest BCUT2D eigenvalue weighted by Gasteiger charge is 2.08. The van der Waals surface area contributed by atoms with Crippen LogP contribution in [0.4, 0.5) is 5.69 Å². The van der Waals surface area contributed by atoms with Crippen molar-refractivity contribution in [2.75, 3.05) is 5.73 Å². The van der Waals surface area contributed by atoms with Gasteiger partial charge in [-0.2, -0.15) is 0 Å². The molecule has 0 aliphatic carbocycles. The number of aryl methyl sites for hydroxylation is 1. The van der Waals surface area contributed by atoms with Crippen LogP contribution in [0.25, 0.3) is 11.5 Å². The first-order valence-electron chi connectivity index (χ1n) is 4.14. The minimum atomic E-state index is 0.525. The second kappa shape index (κ2) is 3.35. The summed E-state index contributed by atoms with van der Waals surface area (Å²) in [6.07, 6.45) is 1.66. The van der Waals surface area contributed by atoms with E-state index in [1.54, 1.807) is 24.4 Å². The molecule has 0 amide bonds. The Balaban J connectivity index is 2.52. The number of hydrogen-bond acceptors (Lipinski definition) is 3. The Labute approximate surface area is 86.5 Å². The number of aromatic nitrogens is 1. The molecule has 2 aromatic rings. The van der Waals surface area contributed by atoms with Crippen molar-refractivity contribution in [1.82, 2.24) is 4.98 Å². The Bertz CT molecular complexity index is 465. The largest absolute Gasteiger partial charge is 0.441 e. The highest BCUT2D eigenvalue weighted by molar-refractivity contribution is 6.31. The van der Waals surface area contributed by atoms with Crippen molar-refractivity contribution in [2.24, 2.45) is 0 Å². The molecule has 2 N–H and O–H groups in total. The lowest BCUT2D eigenvalue weighted by Gasteiger charge is -2.00. The van der Waals surface area contributed by atoms with Crippen LogP contribution in [0.15, 0.2) is 28.8 Å². The lowest BCUT2D eigenvalue weighted by molar-refractivity contribution is 0.543. The van der Waals surface area contributed by atoms with Gasteiger partial charge in [-0.05, 0) is 25.1 Å². The summed E-state index contributed by atoms with van der Waals surface area (Å²) in [6, 6.07) is 5.23. The van der Waals surface area contributed by atoms with E-state index in [1.165, 1.54) is 0 Å². The Hall–Kier alpha value is -1.48. The van der Waals surface area contributed by atoms with Crippen molar-refractivity contribution in [2.45, 2.75) is 6.92 Å². The minimum absolute atomic E-state index is 0.525. The van der Waals surface area contributed by atoms with Crippen LogP contribution in [0.5, 0.6) is 0 Å². The van der Waals surface area contributed by atoms with E-state index in [-0.39, 0.29) is 0 Å². The van der Waals surface area contributed by atoms with Gasteiger partial charge in [-0.3, -0.25) is 0 Å². The fourth-order valence-electron chi connectivity index (χ4n) is 1.21. The molecule has 0 aliphatic rings. The number of nitrogens with two attached hydrogens (primary N) is 1. The first-order valence-corrected chi connectivity index (χ1v) is 4.52.